The van der Waals surface area contributed by atoms with Crippen LogP contribution in [0.1, 0.15) is 36.2 Å². The van der Waals surface area contributed by atoms with Crippen molar-refractivity contribution in [1.29, 1.82) is 0 Å². The number of halogens is 4. The van der Waals surface area contributed by atoms with Crippen molar-refractivity contribution in [3.63, 3.8) is 0 Å². The molecule has 2 atom stereocenters. The summed E-state index contributed by atoms with van der Waals surface area (Å²) in [7, 11) is 0. The molecule has 1 heterocycles. The highest BCUT2D eigenvalue weighted by molar-refractivity contribution is 6.20. The van der Waals surface area contributed by atoms with Crippen LogP contribution in [0.5, 0.6) is 0 Å². The van der Waals surface area contributed by atoms with Crippen LogP contribution < -0.4 is 0 Å². The first-order valence-corrected chi connectivity index (χ1v) is 8.40. The molecule has 1 aromatic carbocycles. The number of alkyl halides is 4. The lowest BCUT2D eigenvalue weighted by atomic mass is 9.81. The molecule has 0 bridgehead atoms. The number of hydrogen-bond acceptors (Lipinski definition) is 5. The number of Topliss-reactive ketones (excluding diaryl/α,β-unsaturated/α-hetero) is 1. The maximum Gasteiger partial charge on any atom is 0.416 e. The molecule has 2 amide bonds. The molecule has 0 aromatic heterocycles. The summed E-state index contributed by atoms with van der Waals surface area (Å²) in [4.78, 5) is 50.0. The fourth-order valence-corrected chi connectivity index (χ4v) is 2.98. The van der Waals surface area contributed by atoms with Crippen molar-refractivity contribution in [2.45, 2.75) is 32.1 Å². The van der Waals surface area contributed by atoms with Crippen molar-refractivity contribution in [2.24, 2.45) is 5.92 Å². The molecule has 0 N–H and O–H groups in total. The number of likely N-dealkylation sites (tertiary alicyclic amines) is 1. The molecule has 28 heavy (non-hydrogen) atoms. The second kappa shape index (κ2) is 7.69. The number of ether oxygens (including phenoxy) is 1. The van der Waals surface area contributed by atoms with Crippen LogP contribution in [0.3, 0.4) is 0 Å². The fraction of sp³-hybridized carbons (Fsp3) is 0.444. The summed E-state index contributed by atoms with van der Waals surface area (Å²) >= 11 is 0. The van der Waals surface area contributed by atoms with Crippen LogP contribution in [-0.4, -0.2) is 47.3 Å². The Labute approximate surface area is 157 Å². The van der Waals surface area contributed by atoms with E-state index < -0.39 is 58.9 Å². The van der Waals surface area contributed by atoms with E-state index >= 15 is 4.39 Å². The second-order valence-corrected chi connectivity index (χ2v) is 6.07. The normalized spacial score (nSPS) is 19.5. The van der Waals surface area contributed by atoms with Gasteiger partial charge in [0.05, 0.1) is 12.2 Å². The first-order valence-electron chi connectivity index (χ1n) is 8.40. The Hall–Kier alpha value is -2.78. The van der Waals surface area contributed by atoms with Crippen LogP contribution >= 0.6 is 0 Å². The van der Waals surface area contributed by atoms with Crippen molar-refractivity contribution < 1.29 is 41.5 Å². The van der Waals surface area contributed by atoms with Gasteiger partial charge in [-0.25, -0.2) is 9.18 Å². The highest BCUT2D eigenvalue weighted by Gasteiger charge is 2.61. The van der Waals surface area contributed by atoms with Crippen LogP contribution in [0.2, 0.25) is 0 Å². The van der Waals surface area contributed by atoms with E-state index in [-0.39, 0.29) is 13.2 Å². The van der Waals surface area contributed by atoms with Crippen LogP contribution in [-0.2, 0) is 25.3 Å². The minimum Gasteiger partial charge on any atom is -0.463 e. The van der Waals surface area contributed by atoms with Crippen molar-refractivity contribution in [2.75, 3.05) is 13.2 Å². The molecule has 152 valence electrons. The number of carbonyl (C=O) groups is 4. The third-order valence-corrected chi connectivity index (χ3v) is 4.42. The largest absolute Gasteiger partial charge is 0.463 e. The summed E-state index contributed by atoms with van der Waals surface area (Å²) in [6.45, 7) is 2.42. The average molecular weight is 403 g/mol. The third kappa shape index (κ3) is 3.63. The summed E-state index contributed by atoms with van der Waals surface area (Å²) in [5.41, 5.74) is -5.17. The van der Waals surface area contributed by atoms with Gasteiger partial charge in [0.2, 0.25) is 17.6 Å². The molecule has 1 aliphatic rings. The average Bonchev–Trinajstić information content (AvgIpc) is 2.94. The number of esters is 1. The SMILES string of the molecule is CCOC(=O)[C@@](F)(C(=O)c1ccc(C(F)(F)F)cc1)[C@H]1CC(=O)N(CC)C1=O. The van der Waals surface area contributed by atoms with Gasteiger partial charge < -0.3 is 4.74 Å². The number of amides is 2. The van der Waals surface area contributed by atoms with Crippen LogP contribution in [0.25, 0.3) is 0 Å². The van der Waals surface area contributed by atoms with Gasteiger partial charge in [0.1, 0.15) is 5.92 Å². The van der Waals surface area contributed by atoms with E-state index in [4.69, 9.17) is 0 Å². The molecule has 0 spiro atoms. The van der Waals surface area contributed by atoms with Gasteiger partial charge in [0.15, 0.2) is 0 Å². The number of nitrogens with zero attached hydrogens (tertiary/aromatic N) is 1. The Balaban J connectivity index is 2.48. The summed E-state index contributed by atoms with van der Waals surface area (Å²) in [6.07, 6.45) is -5.40. The minimum atomic E-state index is -4.68. The molecule has 0 saturated carbocycles. The van der Waals surface area contributed by atoms with Gasteiger partial charge in [-0.1, -0.05) is 12.1 Å². The third-order valence-electron chi connectivity index (χ3n) is 4.42. The first kappa shape index (κ1) is 21.5. The van der Waals surface area contributed by atoms with E-state index in [1.165, 1.54) is 13.8 Å². The Morgan fingerprint density at radius 1 is 1.11 bits per heavy atom. The molecule has 1 aromatic rings. The van der Waals surface area contributed by atoms with E-state index in [0.717, 1.165) is 0 Å². The number of hydrogen-bond donors (Lipinski definition) is 0. The van der Waals surface area contributed by atoms with Crippen LogP contribution in [0.4, 0.5) is 17.6 Å². The molecular weight excluding hydrogens is 386 g/mol. The smallest absolute Gasteiger partial charge is 0.416 e. The number of carbonyl (C=O) groups excluding carboxylic acids is 4. The molecule has 0 unspecified atom stereocenters. The molecule has 1 aliphatic heterocycles. The number of benzene rings is 1. The van der Waals surface area contributed by atoms with Gasteiger partial charge in [-0.3, -0.25) is 19.3 Å². The van der Waals surface area contributed by atoms with Crippen molar-refractivity contribution >= 4 is 23.6 Å². The molecular formula is C18H17F4NO5. The lowest BCUT2D eigenvalue weighted by Gasteiger charge is -2.26. The van der Waals surface area contributed by atoms with Crippen molar-refractivity contribution in [3.05, 3.63) is 35.4 Å². The maximum atomic E-state index is 15.8. The first-order chi connectivity index (χ1) is 13.0. The fourth-order valence-electron chi connectivity index (χ4n) is 2.98. The Bertz CT molecular complexity index is 805. The number of imide groups is 1. The molecule has 0 aliphatic carbocycles. The minimum absolute atomic E-state index is 0.0818. The van der Waals surface area contributed by atoms with Gasteiger partial charge in [0.25, 0.3) is 5.67 Å². The van der Waals surface area contributed by atoms with Gasteiger partial charge >= 0.3 is 12.1 Å². The topological polar surface area (TPSA) is 80.8 Å². The monoisotopic (exact) mass is 403 g/mol. The summed E-state index contributed by atoms with van der Waals surface area (Å²) < 4.78 is 58.4. The summed E-state index contributed by atoms with van der Waals surface area (Å²) in [6, 6.07) is 2.52. The number of rotatable bonds is 6. The van der Waals surface area contributed by atoms with Crippen LogP contribution in [0, 0.1) is 5.92 Å². The zero-order valence-electron chi connectivity index (χ0n) is 15.0. The van der Waals surface area contributed by atoms with E-state index in [9.17, 15) is 32.3 Å². The summed E-state index contributed by atoms with van der Waals surface area (Å²) in [5.74, 6) is -6.96. The van der Waals surface area contributed by atoms with Crippen molar-refractivity contribution in [1.82, 2.24) is 4.90 Å². The second-order valence-electron chi connectivity index (χ2n) is 6.07. The van der Waals surface area contributed by atoms with Gasteiger partial charge in [-0.2, -0.15) is 13.2 Å². The lowest BCUT2D eigenvalue weighted by molar-refractivity contribution is -0.160. The quantitative estimate of drug-likeness (QED) is 0.240. The molecule has 6 nitrogen and oxygen atoms in total. The Kier molecular flexibility index (Phi) is 5.91. The zero-order chi connectivity index (χ0) is 21.3. The highest BCUT2D eigenvalue weighted by atomic mass is 19.4. The Morgan fingerprint density at radius 2 is 1.68 bits per heavy atom. The lowest BCUT2D eigenvalue weighted by Crippen LogP contribution is -2.52. The van der Waals surface area contributed by atoms with Crippen LogP contribution in [0.15, 0.2) is 24.3 Å². The molecule has 10 heteroatoms. The van der Waals surface area contributed by atoms with Gasteiger partial charge in [-0.05, 0) is 26.0 Å². The molecule has 2 rings (SSSR count). The zero-order valence-corrected chi connectivity index (χ0v) is 15.0. The van der Waals surface area contributed by atoms with Gasteiger partial charge in [0, 0.05) is 18.5 Å². The predicted octanol–water partition coefficient (Wildman–Crippen LogP) is 2.55. The van der Waals surface area contributed by atoms with E-state index in [2.05, 4.69) is 4.74 Å². The van der Waals surface area contributed by atoms with Gasteiger partial charge in [-0.15, -0.1) is 0 Å². The highest BCUT2D eigenvalue weighted by Crippen LogP contribution is 2.37. The standard InChI is InChI=1S/C18H17F4NO5/c1-3-23-13(24)9-12(15(23)26)17(19,16(27)28-4-2)14(25)10-5-7-11(8-6-10)18(20,21)22/h5-8,12H,3-4,9H2,1-2H3/t12-,17-/m0/s1. The molecule has 1 saturated heterocycles. The maximum absolute atomic E-state index is 15.8. The predicted molar refractivity (Wildman–Crippen MR) is 86.7 cm³/mol. The van der Waals surface area contributed by atoms with E-state index in [1.807, 2.05) is 0 Å². The van der Waals surface area contributed by atoms with E-state index in [1.54, 1.807) is 0 Å². The number of ketones is 1. The summed E-state index contributed by atoms with van der Waals surface area (Å²) in [5, 5.41) is 0. The molecule has 1 fully saturated rings. The van der Waals surface area contributed by atoms with Crippen molar-refractivity contribution in [3.8, 4) is 0 Å². The van der Waals surface area contributed by atoms with E-state index in [0.29, 0.717) is 29.2 Å². The molecule has 0 radical (unpaired) electrons. The Morgan fingerprint density at radius 3 is 2.11 bits per heavy atom.